The van der Waals surface area contributed by atoms with Crippen molar-refractivity contribution in [3.8, 4) is 0 Å². The lowest BCUT2D eigenvalue weighted by Gasteiger charge is -2.27. The van der Waals surface area contributed by atoms with Crippen molar-refractivity contribution in [2.45, 2.75) is 86.7 Å². The van der Waals surface area contributed by atoms with E-state index in [1.54, 1.807) is 0 Å². The molecule has 0 bridgehead atoms. The molecular weight excluding hydrogens is 602 g/mol. The third kappa shape index (κ3) is 9.48. The van der Waals surface area contributed by atoms with Crippen LogP contribution in [0.5, 0.6) is 0 Å². The summed E-state index contributed by atoms with van der Waals surface area (Å²) in [6.07, 6.45) is 3.71. The maximum atomic E-state index is 13.6. The summed E-state index contributed by atoms with van der Waals surface area (Å²) in [5.41, 5.74) is 8.01. The predicted molar refractivity (Wildman–Crippen MR) is 143 cm³/mol. The Bertz CT molecular complexity index is 1230. The van der Waals surface area contributed by atoms with Crippen LogP contribution in [0.3, 0.4) is 0 Å². The van der Waals surface area contributed by atoms with Gasteiger partial charge in [-0.25, -0.2) is 14.4 Å². The van der Waals surface area contributed by atoms with Crippen molar-refractivity contribution in [3.05, 3.63) is 43.0 Å². The van der Waals surface area contributed by atoms with Gasteiger partial charge in [0, 0.05) is 23.1 Å². The number of rotatable bonds is 11. The van der Waals surface area contributed by atoms with Gasteiger partial charge < -0.3 is 9.47 Å². The van der Waals surface area contributed by atoms with Crippen LogP contribution in [-0.4, -0.2) is 56.8 Å². The minimum Gasteiger partial charge on any atom is -0.461 e. The second-order valence-electron chi connectivity index (χ2n) is 9.35. The molecule has 0 amide bonds. The van der Waals surface area contributed by atoms with Crippen LogP contribution in [0, 0.1) is 6.92 Å². The number of azide groups is 1. The van der Waals surface area contributed by atoms with Gasteiger partial charge in [-0.3, -0.25) is 28.2 Å². The summed E-state index contributed by atoms with van der Waals surface area (Å²) in [4.78, 5) is 41.7. The van der Waals surface area contributed by atoms with Crippen molar-refractivity contribution in [3.63, 3.8) is 0 Å². The lowest BCUT2D eigenvalue weighted by molar-refractivity contribution is -0.152. The number of ether oxygens (including phenoxy) is 2. The van der Waals surface area contributed by atoms with Gasteiger partial charge in [-0.2, -0.15) is 0 Å². The molecule has 0 spiro atoms. The Kier molecular flexibility index (Phi) is 11.3. The Hall–Kier alpha value is -1.60. The Labute approximate surface area is 238 Å². The Morgan fingerprint density at radius 1 is 1.33 bits per heavy atom. The monoisotopic (exact) mass is 630 g/mol. The minimum atomic E-state index is -4.33. The van der Waals surface area contributed by atoms with E-state index in [4.69, 9.17) is 58.9 Å². The summed E-state index contributed by atoms with van der Waals surface area (Å²) in [7, 11) is -4.33. The number of hydrogen-bond acceptors (Lipinski definition) is 9. The summed E-state index contributed by atoms with van der Waals surface area (Å²) in [5.74, 6) is -0.653. The molecule has 1 saturated heterocycles. The maximum absolute atomic E-state index is 13.6. The Balaban J connectivity index is 1.72. The fourth-order valence-corrected chi connectivity index (χ4v) is 6.11. The van der Waals surface area contributed by atoms with E-state index in [0.29, 0.717) is 0 Å². The molecule has 1 aliphatic heterocycles. The predicted octanol–water partition coefficient (Wildman–Crippen LogP) is 4.18. The maximum Gasteiger partial charge on any atom is 0.406 e. The van der Waals surface area contributed by atoms with Crippen LogP contribution in [0.15, 0.2) is 20.9 Å². The zero-order valence-electron chi connectivity index (χ0n) is 21.3. The normalized spacial score (nSPS) is 24.5. The van der Waals surface area contributed by atoms with Gasteiger partial charge in [0.1, 0.15) is 25.0 Å². The van der Waals surface area contributed by atoms with Gasteiger partial charge in [0.15, 0.2) is 0 Å². The van der Waals surface area contributed by atoms with Crippen LogP contribution in [0.25, 0.3) is 10.4 Å². The van der Waals surface area contributed by atoms with Crippen molar-refractivity contribution >= 4 is 48.5 Å². The number of hydrogen-bond donors (Lipinski definition) is 2. The first-order valence-corrected chi connectivity index (χ1v) is 14.9. The first kappa shape index (κ1) is 31.9. The molecule has 2 unspecified atom stereocenters. The van der Waals surface area contributed by atoms with Crippen LogP contribution < -0.4 is 16.3 Å². The second kappa shape index (κ2) is 13.8. The average Bonchev–Trinajstić information content (AvgIpc) is 3.27. The smallest absolute Gasteiger partial charge is 0.406 e. The van der Waals surface area contributed by atoms with Crippen molar-refractivity contribution in [2.75, 3.05) is 13.2 Å². The fourth-order valence-electron chi connectivity index (χ4n) is 4.20. The van der Waals surface area contributed by atoms with Crippen LogP contribution >= 0.6 is 42.5 Å². The van der Waals surface area contributed by atoms with E-state index in [2.05, 4.69) is 20.1 Å². The fraction of sp³-hybridized carbons (Fsp3) is 0.762. The quantitative estimate of drug-likeness (QED) is 0.0902. The number of aromatic amines is 1. The lowest BCUT2D eigenvalue weighted by Crippen LogP contribution is -2.38. The molecule has 0 aromatic carbocycles. The third-order valence-electron chi connectivity index (χ3n) is 6.21. The molecule has 18 heteroatoms. The molecule has 2 aliphatic rings. The number of aromatic nitrogens is 2. The lowest BCUT2D eigenvalue weighted by atomic mass is 9.98. The van der Waals surface area contributed by atoms with Gasteiger partial charge in [-0.1, -0.05) is 46.3 Å². The number of esters is 1. The average molecular weight is 632 g/mol. The molecule has 1 aromatic rings. The second-order valence-corrected chi connectivity index (χ2v) is 13.6. The molecule has 218 valence electrons. The number of aryl methyl sites for hydroxylation is 1. The van der Waals surface area contributed by atoms with E-state index < -0.39 is 66.4 Å². The molecule has 2 N–H and O–H groups in total. The number of alkyl halides is 3. The highest BCUT2D eigenvalue weighted by Crippen LogP contribution is 2.47. The molecule has 39 heavy (non-hydrogen) atoms. The number of nitrogens with zero attached hydrogens (tertiary/aromatic N) is 4. The molecule has 1 aliphatic carbocycles. The summed E-state index contributed by atoms with van der Waals surface area (Å²) < 4.78 is 35.0. The van der Waals surface area contributed by atoms with Gasteiger partial charge in [0.05, 0.1) is 18.8 Å². The van der Waals surface area contributed by atoms with Gasteiger partial charge in [-0.05, 0) is 45.1 Å². The van der Waals surface area contributed by atoms with E-state index in [-0.39, 0.29) is 18.1 Å². The van der Waals surface area contributed by atoms with E-state index in [0.717, 1.165) is 36.7 Å². The third-order valence-corrected chi connectivity index (χ3v) is 8.20. The topological polar surface area (TPSA) is 187 Å². The van der Waals surface area contributed by atoms with Crippen LogP contribution in [0.4, 0.5) is 0 Å². The number of H-pyrrole nitrogens is 1. The largest absolute Gasteiger partial charge is 0.461 e. The molecule has 2 heterocycles. The van der Waals surface area contributed by atoms with Gasteiger partial charge in [0.25, 0.3) is 5.56 Å². The molecule has 14 nitrogen and oxygen atoms in total. The summed E-state index contributed by atoms with van der Waals surface area (Å²) >= 11 is 17.3. The summed E-state index contributed by atoms with van der Waals surface area (Å²) in [6, 6.07) is -1.95. The SMILES string of the molecule is Cc1cn([C@H]2C[C@H](N=[N+]=[N-])[C@@H](COP(=O)(NC(C)C(=O)OC3CCCCC3)OCC(Cl)(Cl)Cl)O2)c(=O)[nH]c1=O. The zero-order valence-corrected chi connectivity index (χ0v) is 24.4. The number of halogens is 3. The first-order chi connectivity index (χ1) is 18.3. The number of nitrogens with one attached hydrogen (secondary N) is 2. The molecule has 0 radical (unpaired) electrons. The van der Waals surface area contributed by atoms with E-state index in [9.17, 15) is 18.9 Å². The van der Waals surface area contributed by atoms with Crippen molar-refractivity contribution in [1.82, 2.24) is 14.6 Å². The molecule has 5 atom stereocenters. The van der Waals surface area contributed by atoms with E-state index >= 15 is 0 Å². The summed E-state index contributed by atoms with van der Waals surface area (Å²) in [6.45, 7) is 1.84. The van der Waals surface area contributed by atoms with Crippen molar-refractivity contribution in [1.29, 1.82) is 0 Å². The van der Waals surface area contributed by atoms with Gasteiger partial charge in [-0.15, -0.1) is 0 Å². The number of carbonyl (C=O) groups excluding carboxylic acids is 1. The van der Waals surface area contributed by atoms with Crippen molar-refractivity contribution in [2.24, 2.45) is 5.11 Å². The summed E-state index contributed by atoms with van der Waals surface area (Å²) in [5, 5.41) is 6.19. The van der Waals surface area contributed by atoms with E-state index in [1.807, 2.05) is 0 Å². The highest BCUT2D eigenvalue weighted by atomic mass is 35.6. The number of carbonyl (C=O) groups is 1. The Morgan fingerprint density at radius 3 is 2.67 bits per heavy atom. The standard InChI is InChI=1S/C21H30Cl3N6O8P/c1-12-9-30(20(33)26-18(12)31)17-8-15(27-29-25)16(38-17)10-35-39(34,36-11-21(22,23)24)28-13(2)19(32)37-14-6-4-3-5-7-14/h9,13-17H,3-8,10-11H2,1-2H3,(H,28,34)(H,26,31,33)/t13?,15-,16+,17+,39?/m0/s1. The molecule has 1 saturated carbocycles. The first-order valence-electron chi connectivity index (χ1n) is 12.3. The Morgan fingerprint density at radius 2 is 2.03 bits per heavy atom. The van der Waals surface area contributed by atoms with Gasteiger partial charge >= 0.3 is 19.4 Å². The highest BCUT2D eigenvalue weighted by molar-refractivity contribution is 7.51. The molecule has 2 fully saturated rings. The van der Waals surface area contributed by atoms with Crippen LogP contribution in [0.2, 0.25) is 0 Å². The van der Waals surface area contributed by atoms with Crippen molar-refractivity contribution < 1.29 is 27.9 Å². The van der Waals surface area contributed by atoms with Crippen LogP contribution in [-0.2, 0) is 27.9 Å². The zero-order chi connectivity index (χ0) is 28.8. The minimum absolute atomic E-state index is 0.0559. The van der Waals surface area contributed by atoms with Gasteiger partial charge in [0.2, 0.25) is 3.79 Å². The van der Waals surface area contributed by atoms with Crippen LogP contribution in [0.1, 0.15) is 57.2 Å². The van der Waals surface area contributed by atoms with E-state index in [1.165, 1.54) is 20.0 Å². The molecular formula is C21H30Cl3N6O8P. The highest BCUT2D eigenvalue weighted by Gasteiger charge is 2.40. The molecule has 3 rings (SSSR count). The molecule has 1 aromatic heterocycles.